The Kier molecular flexibility index (Phi) is 120. The van der Waals surface area contributed by atoms with Crippen LogP contribution in [0.3, 0.4) is 0 Å². The zero-order chi connectivity index (χ0) is 75.2. The molecule has 0 radical (unpaired) electrons. The number of hydrogen-bond donors (Lipinski definition) is 6. The number of sulfone groups is 4. The monoisotopic (exact) mass is 1410 g/mol. The highest BCUT2D eigenvalue weighted by Gasteiger charge is 2.01. The zero-order valence-corrected chi connectivity index (χ0v) is 65.2. The normalized spacial score (nSPS) is 9.50. The molecule has 32 nitrogen and oxygen atoms in total. The summed E-state index contributed by atoms with van der Waals surface area (Å²) in [6, 6.07) is -0.157. The quantitative estimate of drug-likeness (QED) is 0.196. The van der Waals surface area contributed by atoms with Gasteiger partial charge in [-0.05, 0) is 49.3 Å². The minimum atomic E-state index is -2.91. The first-order valence-electron chi connectivity index (χ1n) is 24.6. The SMILES string of the molecule is CC(=O)N(C)C.CC(=O)O.CC(N)=O.CCC.CCC.CCS(C)(=O)=O.CCS(C)(=O)=O.CN(C)C.CN(C)C.CN(C)S(C)(=O)=O.CN(C)S(C)(=O)=O.CNC(=O)NC.CNC(C)=O.CNS(C)(=O)=O.COC(C)=O.CS(C)(=O)=O.CS(C)(=O)=O. The van der Waals surface area contributed by atoms with Crippen LogP contribution in [-0.2, 0) is 98.1 Å². The number of nitrogens with one attached hydrogen (secondary N) is 4. The summed E-state index contributed by atoms with van der Waals surface area (Å²) in [6.45, 7) is 18.5. The van der Waals surface area contributed by atoms with Gasteiger partial charge in [0.15, 0.2) is 0 Å². The summed E-state index contributed by atoms with van der Waals surface area (Å²) in [5.41, 5.74) is 4.47. The van der Waals surface area contributed by atoms with Gasteiger partial charge in [0.1, 0.15) is 39.3 Å². The van der Waals surface area contributed by atoms with Crippen LogP contribution in [0.5, 0.6) is 0 Å². The lowest BCUT2D eigenvalue weighted by Gasteiger charge is -2.02. The Bertz CT molecular complexity index is 2140. The van der Waals surface area contributed by atoms with E-state index in [1.54, 1.807) is 49.1 Å². The van der Waals surface area contributed by atoms with E-state index >= 15 is 0 Å². The maximum atomic E-state index is 10.3. The number of hydrogen-bond acceptors (Lipinski definition) is 23. The number of carboxylic acid groups (broad SMARTS) is 1. The molecule has 0 aromatic heterocycles. The van der Waals surface area contributed by atoms with Gasteiger partial charge in [0, 0.05) is 147 Å². The highest BCUT2D eigenvalue weighted by Crippen LogP contribution is 1.84. The summed E-state index contributed by atoms with van der Waals surface area (Å²) in [7, 11) is 9.50. The van der Waals surface area contributed by atoms with E-state index < -0.39 is 75.4 Å². The zero-order valence-electron chi connectivity index (χ0n) is 59.5. The minimum absolute atomic E-state index is 0.00463. The molecule has 0 aromatic rings. The topological polar surface area (TPSA) is 461 Å². The van der Waals surface area contributed by atoms with Crippen LogP contribution in [0.4, 0.5) is 4.79 Å². The molecule has 0 aliphatic heterocycles. The molecule has 0 bridgehead atoms. The molecular weight excluding hydrogens is 1280 g/mol. The Labute approximate surface area is 526 Å². The van der Waals surface area contributed by atoms with Crippen LogP contribution in [-0.4, -0.2) is 311 Å². The third-order valence-corrected chi connectivity index (χ3v) is 9.96. The molecule has 538 valence electrons. The molecule has 0 aliphatic rings. The van der Waals surface area contributed by atoms with Crippen molar-refractivity contribution in [2.75, 3.05) is 188 Å². The Morgan fingerprint density at radius 1 is 0.442 bits per heavy atom. The molecule has 0 fully saturated rings. The van der Waals surface area contributed by atoms with E-state index in [1.165, 1.54) is 100 Å². The third kappa shape index (κ3) is 592. The Balaban J connectivity index is -0.0000000394. The van der Waals surface area contributed by atoms with Crippen LogP contribution < -0.4 is 26.4 Å². The molecule has 86 heavy (non-hydrogen) atoms. The lowest BCUT2D eigenvalue weighted by atomic mass is 10.6. The van der Waals surface area contributed by atoms with E-state index in [-0.39, 0.29) is 41.2 Å². The molecule has 0 atom stereocenters. The number of carbonyl (C=O) groups is 6. The van der Waals surface area contributed by atoms with Gasteiger partial charge in [-0.15, -0.1) is 0 Å². The number of sulfonamides is 3. The Morgan fingerprint density at radius 3 is 0.535 bits per heavy atom. The van der Waals surface area contributed by atoms with E-state index in [0.29, 0.717) is 0 Å². The maximum absolute atomic E-state index is 10.3. The van der Waals surface area contributed by atoms with E-state index in [4.69, 9.17) is 9.90 Å². The van der Waals surface area contributed by atoms with Crippen molar-refractivity contribution in [3.05, 3.63) is 0 Å². The fourth-order valence-electron chi connectivity index (χ4n) is 0.125. The van der Waals surface area contributed by atoms with E-state index in [0.717, 1.165) is 59.3 Å². The predicted molar refractivity (Wildman–Crippen MR) is 358 cm³/mol. The summed E-state index contributed by atoms with van der Waals surface area (Å²) in [5, 5.41) is 14.5. The van der Waals surface area contributed by atoms with Gasteiger partial charge in [0.05, 0.1) is 25.9 Å². The fraction of sp³-hybridized carbons (Fsp3) is 0.872. The van der Waals surface area contributed by atoms with E-state index in [2.05, 4.69) is 58.8 Å². The number of carbonyl (C=O) groups excluding carboxylic acids is 5. The van der Waals surface area contributed by atoms with Gasteiger partial charge in [-0.1, -0.05) is 54.4 Å². The number of rotatable bonds is 5. The molecule has 39 heteroatoms. The number of methoxy groups -OCH3 is 1. The third-order valence-electron chi connectivity index (χ3n) is 4.47. The number of primary amides is 1. The smallest absolute Gasteiger partial charge is 0.314 e. The molecule has 0 aliphatic carbocycles. The fourth-order valence-corrected chi connectivity index (χ4v) is 0.125. The number of nitrogens with zero attached hydrogens (tertiary/aromatic N) is 5. The maximum Gasteiger partial charge on any atom is 0.314 e. The van der Waals surface area contributed by atoms with Crippen molar-refractivity contribution in [1.82, 2.24) is 44.0 Å². The van der Waals surface area contributed by atoms with Crippen LogP contribution in [0.15, 0.2) is 0 Å². The minimum Gasteiger partial charge on any atom is -0.481 e. The van der Waals surface area contributed by atoms with Crippen molar-refractivity contribution in [3.63, 3.8) is 0 Å². The van der Waals surface area contributed by atoms with Crippen LogP contribution in [0.2, 0.25) is 0 Å². The molecule has 7 N–H and O–H groups in total. The average Bonchev–Trinajstić information content (AvgIpc) is 3.25. The molecule has 0 saturated carbocycles. The van der Waals surface area contributed by atoms with Crippen molar-refractivity contribution in [1.29, 1.82) is 0 Å². The number of ether oxygens (including phenoxy) is 1. The van der Waals surface area contributed by atoms with Gasteiger partial charge in [-0.2, -0.15) is 0 Å². The van der Waals surface area contributed by atoms with Crippen molar-refractivity contribution in [2.24, 2.45) is 5.73 Å². The van der Waals surface area contributed by atoms with Gasteiger partial charge < -0.3 is 46.2 Å². The number of aliphatic carboxylic acids is 1. The number of urea groups is 1. The van der Waals surface area contributed by atoms with Crippen molar-refractivity contribution in [2.45, 2.75) is 89.0 Å². The van der Waals surface area contributed by atoms with Gasteiger partial charge >= 0.3 is 12.0 Å². The van der Waals surface area contributed by atoms with Crippen LogP contribution in [0.25, 0.3) is 0 Å². The molecule has 0 aromatic carbocycles. The highest BCUT2D eigenvalue weighted by molar-refractivity contribution is 7.91. The van der Waals surface area contributed by atoms with Crippen molar-refractivity contribution >= 4 is 105 Å². The second-order valence-corrected chi connectivity index (χ2v) is 33.5. The number of nitrogens with two attached hydrogens (primary N) is 1. The van der Waals surface area contributed by atoms with Gasteiger partial charge in [-0.25, -0.2) is 77.1 Å². The van der Waals surface area contributed by atoms with Crippen molar-refractivity contribution in [3.8, 4) is 0 Å². The van der Waals surface area contributed by atoms with E-state index in [9.17, 15) is 82.9 Å². The number of esters is 1. The first-order valence-corrected chi connectivity index (χ1v) is 38.9. The summed E-state index contributed by atoms with van der Waals surface area (Å²) in [6.07, 6.45) is 13.0. The average molecular weight is 1410 g/mol. The molecule has 0 spiro atoms. The van der Waals surface area contributed by atoms with Crippen molar-refractivity contribution < 1.29 is 97.5 Å². The Morgan fingerprint density at radius 2 is 0.535 bits per heavy atom. The lowest BCUT2D eigenvalue weighted by Crippen LogP contribution is -2.28. The second-order valence-electron chi connectivity index (χ2n) is 17.8. The first kappa shape index (κ1) is 127. The van der Waals surface area contributed by atoms with Gasteiger partial charge in [0.25, 0.3) is 5.97 Å². The molecule has 5 amide bonds. The Hall–Kier alpha value is -3.93. The van der Waals surface area contributed by atoms with Crippen LogP contribution >= 0.6 is 0 Å². The molecule has 0 rings (SSSR count). The van der Waals surface area contributed by atoms with Gasteiger partial charge in [-0.3, -0.25) is 24.0 Å². The van der Waals surface area contributed by atoms with E-state index in [1.807, 2.05) is 52.1 Å². The van der Waals surface area contributed by atoms with Crippen LogP contribution in [0, 0.1) is 0 Å². The summed E-state index contributed by atoms with van der Waals surface area (Å²) < 4.78 is 148. The molecule has 0 heterocycles. The standard InChI is InChI=1S/C4H9NO.C3H8N2O.2C3H9NO2S.C3H7NO.2C3H9N.2C3H8O2S.C3H6O2.2C3H8.C2H7NO2S.C2H5NO.2C2H6O2S.C2H4O2/c1-4(6)5(2)3;1-4-3(6)5-2;2*1-4(2)7(3,5)6;1-3(5)4-2;2*1-4(2)3;2*1-3-6(2,4)5;1-3(4)5-2;2*1-3-2;1-3-6(2,4)5;1-2(3)4;2*1-5(2,3)4;1-2(3)4/h1-3H3;1-2H3,(H2,4,5,6);2*1-3H3;1-2H3,(H,4,5);2*1-3H3;2*3H2,1-2H3;1-2H3;2*3H2,1-2H3;3H,1-2H3;1H3,(H2,3,4);2*1-2H3;1H3,(H,3,4). The molecular formula is C47H126N10O22S7. The molecule has 0 saturated heterocycles. The number of carboxylic acids is 1. The lowest BCUT2D eigenvalue weighted by molar-refractivity contribution is -0.138. The second kappa shape index (κ2) is 81.1. The molecule has 0 unspecified atom stereocenters. The summed E-state index contributed by atoms with van der Waals surface area (Å²) in [4.78, 5) is 63.1. The van der Waals surface area contributed by atoms with Crippen LogP contribution in [0.1, 0.15) is 89.0 Å². The summed E-state index contributed by atoms with van der Waals surface area (Å²) in [5.74, 6) is -0.829. The predicted octanol–water partition coefficient (Wildman–Crippen LogP) is -0.0540. The number of amides is 5. The highest BCUT2D eigenvalue weighted by atomic mass is 32.2. The first-order chi connectivity index (χ1) is 37.3. The summed E-state index contributed by atoms with van der Waals surface area (Å²) >= 11 is 0. The van der Waals surface area contributed by atoms with Gasteiger partial charge in [0.2, 0.25) is 47.8 Å². The largest absolute Gasteiger partial charge is 0.481 e.